The van der Waals surface area contributed by atoms with E-state index in [1.165, 1.54) is 6.26 Å². The van der Waals surface area contributed by atoms with Crippen molar-refractivity contribution in [2.75, 3.05) is 0 Å². The molecule has 0 radical (unpaired) electrons. The van der Waals surface area contributed by atoms with Crippen LogP contribution in [0.15, 0.2) is 23.0 Å². The van der Waals surface area contributed by atoms with E-state index >= 15 is 0 Å². The Balaban J connectivity index is 1.52. The first-order valence-electron chi connectivity index (χ1n) is 9.90. The monoisotopic (exact) mass is 388 g/mol. The summed E-state index contributed by atoms with van der Waals surface area (Å²) in [5, 5.41) is 21.8. The van der Waals surface area contributed by atoms with Gasteiger partial charge < -0.3 is 29.2 Å². The van der Waals surface area contributed by atoms with E-state index in [2.05, 4.69) is 0 Å². The number of epoxide rings is 2. The molecule has 5 aliphatic heterocycles. The normalized spacial score (nSPS) is 60.0. The summed E-state index contributed by atoms with van der Waals surface area (Å²) in [5.41, 5.74) is 0.269. The Morgan fingerprint density at radius 3 is 2.46 bits per heavy atom. The highest BCUT2D eigenvalue weighted by Gasteiger charge is 2.78. The van der Waals surface area contributed by atoms with Crippen LogP contribution in [-0.2, 0) is 28.5 Å². The minimum absolute atomic E-state index is 0.113. The van der Waals surface area contributed by atoms with Crippen LogP contribution in [0.3, 0.4) is 0 Å². The van der Waals surface area contributed by atoms with Crippen LogP contribution in [0.25, 0.3) is 0 Å². The lowest BCUT2D eigenvalue weighted by Crippen LogP contribution is -2.72. The molecule has 4 fully saturated rings. The molecule has 3 saturated heterocycles. The molecule has 1 spiro atoms. The van der Waals surface area contributed by atoms with Gasteiger partial charge in [-0.3, -0.25) is 9.59 Å². The Hall–Kier alpha value is -1.58. The predicted octanol–water partition coefficient (Wildman–Crippen LogP) is -0.973. The topological polar surface area (TPSA) is 118 Å². The third kappa shape index (κ3) is 1.47. The van der Waals surface area contributed by atoms with E-state index in [0.717, 1.165) is 0 Å². The third-order valence-electron chi connectivity index (χ3n) is 8.00. The number of Topliss-reactive ketones (excluding diaryl/α,β-unsaturated/α-hetero) is 2. The molecule has 0 aromatic rings. The number of carbonyl (C=O) groups excluding carboxylic acids is 2. The summed E-state index contributed by atoms with van der Waals surface area (Å²) in [6, 6.07) is 0. The zero-order valence-electron chi connectivity index (χ0n) is 15.3. The van der Waals surface area contributed by atoms with Crippen LogP contribution >= 0.6 is 0 Å². The van der Waals surface area contributed by atoms with Crippen molar-refractivity contribution < 1.29 is 38.7 Å². The maximum atomic E-state index is 13.7. The molecule has 28 heavy (non-hydrogen) atoms. The van der Waals surface area contributed by atoms with Crippen molar-refractivity contribution in [2.45, 2.75) is 68.8 Å². The molecule has 0 amide bonds. The molecule has 5 heterocycles. The molecule has 8 aliphatic rings. The van der Waals surface area contributed by atoms with E-state index in [1.807, 2.05) is 13.8 Å². The SMILES string of the molecule is C[C@H]1O[C@H]2C3=C(C(=O)[C@@H]4O[C@@H]4[C@@H]3O)[C@H]1[C@@H]1[C@@H](C)OC=C3[C@@H](O)[C@H]4O[C@H]4C(=O)[C@]312. The number of carbonyl (C=O) groups is 2. The minimum atomic E-state index is -1.19. The summed E-state index contributed by atoms with van der Waals surface area (Å²) in [4.78, 5) is 26.7. The lowest BCUT2D eigenvalue weighted by Gasteiger charge is -2.63. The highest BCUT2D eigenvalue weighted by atomic mass is 16.6. The van der Waals surface area contributed by atoms with Gasteiger partial charge in [0, 0.05) is 23.0 Å². The van der Waals surface area contributed by atoms with Gasteiger partial charge in [0.2, 0.25) is 0 Å². The largest absolute Gasteiger partial charge is 0.498 e. The van der Waals surface area contributed by atoms with E-state index in [0.29, 0.717) is 16.7 Å². The van der Waals surface area contributed by atoms with E-state index in [9.17, 15) is 19.8 Å². The van der Waals surface area contributed by atoms with Crippen LogP contribution < -0.4 is 0 Å². The molecule has 0 aromatic carbocycles. The summed E-state index contributed by atoms with van der Waals surface area (Å²) in [6.07, 6.45) is -4.40. The van der Waals surface area contributed by atoms with Gasteiger partial charge in [0.25, 0.3) is 0 Å². The Labute approximate surface area is 160 Å². The fourth-order valence-electron chi connectivity index (χ4n) is 6.86. The number of aliphatic hydroxyl groups excluding tert-OH is 2. The Bertz CT molecular complexity index is 921. The number of rotatable bonds is 0. The molecule has 2 N–H and O–H groups in total. The number of aliphatic hydroxyl groups is 2. The van der Waals surface area contributed by atoms with Crippen LogP contribution in [-0.4, -0.2) is 76.7 Å². The first-order chi connectivity index (χ1) is 13.4. The third-order valence-corrected chi connectivity index (χ3v) is 8.00. The predicted molar refractivity (Wildman–Crippen MR) is 88.8 cm³/mol. The molecule has 0 unspecified atom stereocenters. The van der Waals surface area contributed by atoms with Crippen LogP contribution in [0.2, 0.25) is 0 Å². The molecule has 3 aliphatic carbocycles. The number of fused-ring (bicyclic) bond motifs is 3. The van der Waals surface area contributed by atoms with Crippen molar-refractivity contribution in [1.82, 2.24) is 0 Å². The van der Waals surface area contributed by atoms with Crippen molar-refractivity contribution >= 4 is 11.6 Å². The lowest BCUT2D eigenvalue weighted by atomic mass is 9.45. The van der Waals surface area contributed by atoms with Crippen LogP contribution in [0.4, 0.5) is 0 Å². The van der Waals surface area contributed by atoms with Gasteiger partial charge in [-0.1, -0.05) is 0 Å². The molecule has 8 nitrogen and oxygen atoms in total. The molecule has 1 saturated carbocycles. The number of ether oxygens (including phenoxy) is 4. The summed E-state index contributed by atoms with van der Waals surface area (Å²) >= 11 is 0. The minimum Gasteiger partial charge on any atom is -0.498 e. The summed E-state index contributed by atoms with van der Waals surface area (Å²) in [5.74, 6) is -1.05. The van der Waals surface area contributed by atoms with E-state index in [-0.39, 0.29) is 29.7 Å². The Morgan fingerprint density at radius 2 is 1.68 bits per heavy atom. The number of ketones is 2. The smallest absolute Gasteiger partial charge is 0.190 e. The van der Waals surface area contributed by atoms with Gasteiger partial charge in [-0.05, 0) is 19.4 Å². The quantitative estimate of drug-likeness (QED) is 0.509. The highest BCUT2D eigenvalue weighted by Crippen LogP contribution is 2.67. The molecule has 148 valence electrons. The van der Waals surface area contributed by atoms with Gasteiger partial charge in [0.1, 0.15) is 36.6 Å². The average molecular weight is 388 g/mol. The number of hydrogen-bond acceptors (Lipinski definition) is 8. The van der Waals surface area contributed by atoms with Gasteiger partial charge in [-0.15, -0.1) is 0 Å². The number of hydrogen-bond donors (Lipinski definition) is 2. The summed E-state index contributed by atoms with van der Waals surface area (Å²) in [6.45, 7) is 3.77. The highest BCUT2D eigenvalue weighted by molar-refractivity contribution is 6.06. The van der Waals surface area contributed by atoms with Crippen molar-refractivity contribution in [3.63, 3.8) is 0 Å². The molecule has 8 heteroatoms. The maximum absolute atomic E-state index is 13.7. The zero-order valence-corrected chi connectivity index (χ0v) is 15.3. The van der Waals surface area contributed by atoms with Crippen molar-refractivity contribution in [3.8, 4) is 0 Å². The molecular weight excluding hydrogens is 368 g/mol. The molecule has 0 aromatic heterocycles. The van der Waals surface area contributed by atoms with Gasteiger partial charge in [-0.25, -0.2) is 0 Å². The average Bonchev–Trinajstić information content (AvgIpc) is 3.57. The van der Waals surface area contributed by atoms with Gasteiger partial charge in [0.15, 0.2) is 11.6 Å². The van der Waals surface area contributed by atoms with Gasteiger partial charge in [-0.2, -0.15) is 0 Å². The molecule has 8 rings (SSSR count). The second-order valence-corrected chi connectivity index (χ2v) is 9.09. The fraction of sp³-hybridized carbons (Fsp3) is 0.700. The van der Waals surface area contributed by atoms with Crippen molar-refractivity contribution in [1.29, 1.82) is 0 Å². The van der Waals surface area contributed by atoms with E-state index in [1.54, 1.807) is 0 Å². The van der Waals surface area contributed by atoms with Crippen molar-refractivity contribution in [2.24, 2.45) is 17.3 Å². The first kappa shape index (κ1) is 16.2. The van der Waals surface area contributed by atoms with Crippen LogP contribution in [0.1, 0.15) is 13.8 Å². The second kappa shape index (κ2) is 4.60. The first-order valence-corrected chi connectivity index (χ1v) is 9.90. The van der Waals surface area contributed by atoms with Crippen molar-refractivity contribution in [3.05, 3.63) is 23.0 Å². The van der Waals surface area contributed by atoms with Crippen LogP contribution in [0.5, 0.6) is 0 Å². The maximum Gasteiger partial charge on any atom is 0.190 e. The molecular formula is C20H20O8. The lowest BCUT2D eigenvalue weighted by molar-refractivity contribution is -0.210. The Morgan fingerprint density at radius 1 is 0.964 bits per heavy atom. The summed E-state index contributed by atoms with van der Waals surface area (Å²) in [7, 11) is 0. The van der Waals surface area contributed by atoms with Crippen LogP contribution in [0, 0.1) is 17.3 Å². The standard InChI is InChI=1S/C20H20O8/c1-4-7-8-9(13(23)16-15(27-16)12(8)22)19(26-4)20-6(3-25-5(2)10(7)20)11(21)14-17(28-14)18(20)24/h3-5,7,10-11,13-17,19,21,23H,1-2H3/t4-,5-,7+,10+,11-,13-,14-,15+,16-,17-,19+,20+/m1/s1. The van der Waals surface area contributed by atoms with Gasteiger partial charge >= 0.3 is 0 Å². The Kier molecular flexibility index (Phi) is 2.67. The molecule has 2 bridgehead atoms. The fourth-order valence-corrected chi connectivity index (χ4v) is 6.86. The molecule has 12 atom stereocenters. The second-order valence-electron chi connectivity index (χ2n) is 9.09. The van der Waals surface area contributed by atoms with E-state index in [4.69, 9.17) is 18.9 Å². The zero-order chi connectivity index (χ0) is 19.3. The van der Waals surface area contributed by atoms with E-state index < -0.39 is 54.1 Å². The van der Waals surface area contributed by atoms with Gasteiger partial charge in [0.05, 0.1) is 30.0 Å². The summed E-state index contributed by atoms with van der Waals surface area (Å²) < 4.78 is 23.1.